The Morgan fingerprint density at radius 3 is 2.39 bits per heavy atom. The largest absolute Gasteiger partial charge is 0.480 e. The molecular weight excluding hydrogens is 356 g/mol. The Kier molecular flexibility index (Phi) is 5.38. The molecule has 2 bridgehead atoms. The van der Waals surface area contributed by atoms with Gasteiger partial charge in [-0.15, -0.1) is 0 Å². The van der Waals surface area contributed by atoms with Gasteiger partial charge in [0.2, 0.25) is 0 Å². The lowest BCUT2D eigenvalue weighted by atomic mass is 9.63. The fourth-order valence-corrected chi connectivity index (χ4v) is 4.43. The second-order valence-electron chi connectivity index (χ2n) is 7.89. The minimum Gasteiger partial charge on any atom is -0.480 e. The number of hydrogen-bond donors (Lipinski definition) is 1. The lowest BCUT2D eigenvalue weighted by molar-refractivity contribution is -0.195. The summed E-state index contributed by atoms with van der Waals surface area (Å²) in [6.45, 7) is 0.921. The van der Waals surface area contributed by atoms with Gasteiger partial charge in [-0.1, -0.05) is 36.4 Å². The first-order chi connectivity index (χ1) is 13.6. The van der Waals surface area contributed by atoms with Gasteiger partial charge in [-0.3, -0.25) is 0 Å². The molecule has 5 rings (SSSR count). The number of carboxylic acid groups (broad SMARTS) is 1. The summed E-state index contributed by atoms with van der Waals surface area (Å²) in [5, 5.41) is 8.71. The standard InChI is InChI=1S/C23H26O5/c24-21(25)16-26-15-14-22-10-12-23(13-11-22,27-17-22)19-8-4-5-9-20(19)28-18-6-2-1-3-7-18/h1-9H,10-17H2,(H,24,25). The Bertz CT molecular complexity index is 792. The van der Waals surface area contributed by atoms with Gasteiger partial charge in [-0.2, -0.15) is 0 Å². The van der Waals surface area contributed by atoms with E-state index in [1.165, 1.54) is 0 Å². The molecule has 0 aromatic heterocycles. The average Bonchev–Trinajstić information content (AvgIpc) is 2.74. The van der Waals surface area contributed by atoms with Crippen LogP contribution in [0.5, 0.6) is 11.5 Å². The summed E-state index contributed by atoms with van der Waals surface area (Å²) >= 11 is 0. The maximum atomic E-state index is 10.6. The van der Waals surface area contributed by atoms with Gasteiger partial charge in [0.05, 0.1) is 12.2 Å². The van der Waals surface area contributed by atoms with E-state index >= 15 is 0 Å². The highest BCUT2D eigenvalue weighted by Crippen LogP contribution is 2.56. The summed E-state index contributed by atoms with van der Waals surface area (Å²) in [4.78, 5) is 10.6. The molecule has 1 saturated carbocycles. The third-order valence-electron chi connectivity index (χ3n) is 6.12. The summed E-state index contributed by atoms with van der Waals surface area (Å²) in [7, 11) is 0. The number of rotatable bonds is 8. The predicted molar refractivity (Wildman–Crippen MR) is 105 cm³/mol. The third-order valence-corrected chi connectivity index (χ3v) is 6.12. The maximum absolute atomic E-state index is 10.6. The minimum atomic E-state index is -0.921. The molecule has 2 aromatic carbocycles. The van der Waals surface area contributed by atoms with Crippen molar-refractivity contribution in [2.24, 2.45) is 5.41 Å². The van der Waals surface area contributed by atoms with Crippen molar-refractivity contribution in [2.75, 3.05) is 19.8 Å². The van der Waals surface area contributed by atoms with Gasteiger partial charge >= 0.3 is 5.97 Å². The molecule has 28 heavy (non-hydrogen) atoms. The summed E-state index contributed by atoms with van der Waals surface area (Å²) in [6, 6.07) is 18.0. The zero-order chi connectivity index (χ0) is 19.5. The first-order valence-corrected chi connectivity index (χ1v) is 9.87. The number of fused-ring (bicyclic) bond motifs is 3. The van der Waals surface area contributed by atoms with Crippen LogP contribution in [0.2, 0.25) is 0 Å². The van der Waals surface area contributed by atoms with Crippen LogP contribution in [0, 0.1) is 5.41 Å². The van der Waals surface area contributed by atoms with Gasteiger partial charge in [0.25, 0.3) is 0 Å². The van der Waals surface area contributed by atoms with Crippen LogP contribution in [0.1, 0.15) is 37.7 Å². The molecule has 1 aliphatic carbocycles. The smallest absolute Gasteiger partial charge is 0.329 e. The van der Waals surface area contributed by atoms with E-state index in [9.17, 15) is 4.79 Å². The molecule has 3 aliphatic rings. The van der Waals surface area contributed by atoms with Gasteiger partial charge in [0, 0.05) is 12.2 Å². The van der Waals surface area contributed by atoms with Gasteiger partial charge in [-0.05, 0) is 55.7 Å². The first-order valence-electron chi connectivity index (χ1n) is 9.87. The number of ether oxygens (including phenoxy) is 3. The topological polar surface area (TPSA) is 65.0 Å². The molecule has 0 atom stereocenters. The Hall–Kier alpha value is -2.37. The Morgan fingerprint density at radius 1 is 1.00 bits per heavy atom. The van der Waals surface area contributed by atoms with E-state index in [2.05, 4.69) is 6.07 Å². The molecular formula is C23H26O5. The molecule has 2 aliphatic heterocycles. The van der Waals surface area contributed by atoms with Crippen molar-refractivity contribution in [1.29, 1.82) is 0 Å². The monoisotopic (exact) mass is 382 g/mol. The maximum Gasteiger partial charge on any atom is 0.329 e. The lowest BCUT2D eigenvalue weighted by Gasteiger charge is -2.53. The van der Waals surface area contributed by atoms with Crippen LogP contribution in [-0.2, 0) is 19.9 Å². The van der Waals surface area contributed by atoms with Crippen LogP contribution in [0.4, 0.5) is 0 Å². The average molecular weight is 382 g/mol. The quantitative estimate of drug-likeness (QED) is 0.667. The Labute approximate surface area is 165 Å². The highest BCUT2D eigenvalue weighted by molar-refractivity contribution is 5.67. The van der Waals surface area contributed by atoms with E-state index in [-0.39, 0.29) is 17.6 Å². The Balaban J connectivity index is 1.45. The molecule has 1 N–H and O–H groups in total. The number of carboxylic acids is 1. The lowest BCUT2D eigenvalue weighted by Crippen LogP contribution is -2.49. The van der Waals surface area contributed by atoms with Crippen LogP contribution in [-0.4, -0.2) is 30.9 Å². The minimum absolute atomic E-state index is 0.107. The molecule has 0 unspecified atom stereocenters. The van der Waals surface area contributed by atoms with Crippen LogP contribution in [0.15, 0.2) is 54.6 Å². The Morgan fingerprint density at radius 2 is 1.71 bits per heavy atom. The first kappa shape index (κ1) is 19.0. The van der Waals surface area contributed by atoms with E-state index in [1.54, 1.807) is 0 Å². The van der Waals surface area contributed by atoms with Crippen LogP contribution < -0.4 is 4.74 Å². The molecule has 2 aromatic rings. The van der Waals surface area contributed by atoms with Crippen molar-refractivity contribution in [2.45, 2.75) is 37.7 Å². The van der Waals surface area contributed by atoms with E-state index < -0.39 is 5.97 Å². The molecule has 0 spiro atoms. The van der Waals surface area contributed by atoms with E-state index in [4.69, 9.17) is 19.3 Å². The van der Waals surface area contributed by atoms with Crippen molar-refractivity contribution >= 4 is 5.97 Å². The van der Waals surface area contributed by atoms with Crippen molar-refractivity contribution in [3.63, 3.8) is 0 Å². The van der Waals surface area contributed by atoms with Crippen LogP contribution in [0.3, 0.4) is 0 Å². The molecule has 148 valence electrons. The number of hydrogen-bond acceptors (Lipinski definition) is 4. The number of carbonyl (C=O) groups is 1. The zero-order valence-electron chi connectivity index (χ0n) is 15.9. The highest BCUT2D eigenvalue weighted by atomic mass is 16.5. The molecule has 0 amide bonds. The van der Waals surface area contributed by atoms with E-state index in [0.717, 1.165) is 49.2 Å². The van der Waals surface area contributed by atoms with Gasteiger partial charge < -0.3 is 19.3 Å². The summed E-state index contributed by atoms with van der Waals surface area (Å²) in [6.07, 6.45) is 4.85. The summed E-state index contributed by atoms with van der Waals surface area (Å²) in [5.74, 6) is 0.755. The molecule has 5 nitrogen and oxygen atoms in total. The van der Waals surface area contributed by atoms with Crippen LogP contribution >= 0.6 is 0 Å². The van der Waals surface area contributed by atoms with Crippen molar-refractivity contribution in [3.05, 3.63) is 60.2 Å². The zero-order valence-corrected chi connectivity index (χ0v) is 15.9. The SMILES string of the molecule is O=C(O)COCCC12CCC(c3ccccc3Oc3ccccc3)(CC1)OC2. The van der Waals surface area contributed by atoms with Gasteiger partial charge in [0.1, 0.15) is 18.1 Å². The summed E-state index contributed by atoms with van der Waals surface area (Å²) < 4.78 is 17.9. The van der Waals surface area contributed by atoms with Gasteiger partial charge in [0.15, 0.2) is 0 Å². The van der Waals surface area contributed by atoms with Crippen molar-refractivity contribution < 1.29 is 24.1 Å². The molecule has 5 heteroatoms. The van der Waals surface area contributed by atoms with Gasteiger partial charge in [-0.25, -0.2) is 4.79 Å². The highest BCUT2D eigenvalue weighted by Gasteiger charge is 2.51. The molecule has 2 saturated heterocycles. The molecule has 0 radical (unpaired) electrons. The van der Waals surface area contributed by atoms with Crippen LogP contribution in [0.25, 0.3) is 0 Å². The number of benzene rings is 2. The normalized spacial score (nSPS) is 26.1. The van der Waals surface area contributed by atoms with Crippen molar-refractivity contribution in [3.8, 4) is 11.5 Å². The van der Waals surface area contributed by atoms with E-state index in [1.807, 2.05) is 48.5 Å². The van der Waals surface area contributed by atoms with E-state index in [0.29, 0.717) is 13.2 Å². The number of para-hydroxylation sites is 2. The summed E-state index contributed by atoms with van der Waals surface area (Å²) in [5.41, 5.74) is 0.930. The van der Waals surface area contributed by atoms with Crippen molar-refractivity contribution in [1.82, 2.24) is 0 Å². The second kappa shape index (κ2) is 7.94. The fourth-order valence-electron chi connectivity index (χ4n) is 4.43. The molecule has 3 fully saturated rings. The number of aliphatic carboxylic acids is 1. The predicted octanol–water partition coefficient (Wildman–Crippen LogP) is 4.76. The fraction of sp³-hybridized carbons (Fsp3) is 0.435. The molecule has 2 heterocycles. The second-order valence-corrected chi connectivity index (χ2v) is 7.89. The third kappa shape index (κ3) is 3.91.